The van der Waals surface area contributed by atoms with Gasteiger partial charge in [-0.15, -0.1) is 0 Å². The average Bonchev–Trinajstić information content (AvgIpc) is 2.45. The molecule has 0 amide bonds. The van der Waals surface area contributed by atoms with E-state index in [2.05, 4.69) is 4.90 Å². The van der Waals surface area contributed by atoms with E-state index in [1.807, 2.05) is 0 Å². The smallest absolute Gasteiger partial charge is 0.322 e. The highest BCUT2D eigenvalue weighted by molar-refractivity contribution is 5.75. The fraction of sp³-hybridized carbons (Fsp3) is 0.929. The number of esters is 1. The minimum Gasteiger partial charge on any atom is -0.465 e. The molecule has 2 fully saturated rings. The van der Waals surface area contributed by atoms with E-state index in [0.29, 0.717) is 25.2 Å². The molecule has 2 aliphatic rings. The van der Waals surface area contributed by atoms with Crippen LogP contribution in [0.3, 0.4) is 0 Å². The van der Waals surface area contributed by atoms with Gasteiger partial charge < -0.3 is 15.2 Å². The van der Waals surface area contributed by atoms with Crippen molar-refractivity contribution in [3.05, 3.63) is 0 Å². The van der Waals surface area contributed by atoms with Gasteiger partial charge in [-0.2, -0.15) is 0 Å². The molecular formula is C14H26N2O3. The molecule has 0 radical (unpaired) electrons. The maximum atomic E-state index is 11.5. The number of fused-ring (bicyclic) bond motifs is 1. The summed E-state index contributed by atoms with van der Waals surface area (Å²) in [6.45, 7) is 4.82. The molecule has 3 unspecified atom stereocenters. The van der Waals surface area contributed by atoms with Crippen molar-refractivity contribution in [3.8, 4) is 0 Å². The predicted octanol–water partition coefficient (Wildman–Crippen LogP) is 0.910. The number of morpholine rings is 1. The molecule has 1 saturated heterocycles. The van der Waals surface area contributed by atoms with Crippen molar-refractivity contribution in [2.75, 3.05) is 26.3 Å². The van der Waals surface area contributed by atoms with E-state index in [1.54, 1.807) is 6.92 Å². The van der Waals surface area contributed by atoms with Gasteiger partial charge in [0.1, 0.15) is 6.04 Å². The molecule has 5 heteroatoms. The summed E-state index contributed by atoms with van der Waals surface area (Å²) < 4.78 is 10.8. The number of carbonyl (C=O) groups is 1. The van der Waals surface area contributed by atoms with Crippen LogP contribution in [0.2, 0.25) is 0 Å². The maximum Gasteiger partial charge on any atom is 0.322 e. The zero-order valence-electron chi connectivity index (χ0n) is 11.8. The van der Waals surface area contributed by atoms with Crippen LogP contribution in [-0.2, 0) is 14.3 Å². The van der Waals surface area contributed by atoms with Crippen LogP contribution in [0.1, 0.15) is 39.0 Å². The van der Waals surface area contributed by atoms with Gasteiger partial charge in [-0.3, -0.25) is 9.69 Å². The van der Waals surface area contributed by atoms with Crippen molar-refractivity contribution in [2.45, 2.75) is 57.2 Å². The lowest BCUT2D eigenvalue weighted by molar-refractivity contribution is -0.145. The lowest BCUT2D eigenvalue weighted by Crippen LogP contribution is -2.53. The third kappa shape index (κ3) is 3.91. The Bertz CT molecular complexity index is 296. The summed E-state index contributed by atoms with van der Waals surface area (Å²) in [5.41, 5.74) is 5.86. The number of nitrogens with zero attached hydrogens (tertiary/aromatic N) is 1. The average molecular weight is 270 g/mol. The molecule has 1 aliphatic heterocycles. The molecule has 1 saturated carbocycles. The lowest BCUT2D eigenvalue weighted by atomic mass is 9.90. The second-order valence-corrected chi connectivity index (χ2v) is 5.44. The third-order valence-electron chi connectivity index (χ3n) is 4.16. The molecule has 0 spiro atoms. The van der Waals surface area contributed by atoms with Gasteiger partial charge in [0.05, 0.1) is 19.3 Å². The molecule has 1 aliphatic carbocycles. The Kier molecular flexibility index (Phi) is 5.60. The highest BCUT2D eigenvalue weighted by Gasteiger charge is 2.34. The molecule has 5 nitrogen and oxygen atoms in total. The highest BCUT2D eigenvalue weighted by Crippen LogP contribution is 2.28. The van der Waals surface area contributed by atoms with Crippen LogP contribution in [0.25, 0.3) is 0 Å². The summed E-state index contributed by atoms with van der Waals surface area (Å²) in [6.07, 6.45) is 6.00. The molecule has 2 rings (SSSR count). The van der Waals surface area contributed by atoms with E-state index < -0.39 is 6.04 Å². The fourth-order valence-electron chi connectivity index (χ4n) is 3.13. The number of nitrogens with two attached hydrogens (primary N) is 1. The summed E-state index contributed by atoms with van der Waals surface area (Å²) >= 11 is 0. The van der Waals surface area contributed by atoms with Gasteiger partial charge in [-0.05, 0) is 26.2 Å². The molecule has 19 heavy (non-hydrogen) atoms. The summed E-state index contributed by atoms with van der Waals surface area (Å²) in [4.78, 5) is 14.0. The maximum absolute atomic E-state index is 11.5. The van der Waals surface area contributed by atoms with Crippen molar-refractivity contribution in [2.24, 2.45) is 5.73 Å². The molecule has 0 bridgehead atoms. The summed E-state index contributed by atoms with van der Waals surface area (Å²) in [5, 5.41) is 0. The van der Waals surface area contributed by atoms with Crippen LogP contribution in [0.4, 0.5) is 0 Å². The van der Waals surface area contributed by atoms with E-state index >= 15 is 0 Å². The first-order valence-electron chi connectivity index (χ1n) is 7.50. The number of ether oxygens (including phenoxy) is 2. The van der Waals surface area contributed by atoms with Gasteiger partial charge >= 0.3 is 5.97 Å². The van der Waals surface area contributed by atoms with E-state index in [4.69, 9.17) is 15.2 Å². The topological polar surface area (TPSA) is 64.8 Å². The van der Waals surface area contributed by atoms with E-state index in [9.17, 15) is 4.79 Å². The summed E-state index contributed by atoms with van der Waals surface area (Å²) in [6, 6.07) is 0.0294. The monoisotopic (exact) mass is 270 g/mol. The second kappa shape index (κ2) is 7.22. The van der Waals surface area contributed by atoms with Gasteiger partial charge in [-0.25, -0.2) is 0 Å². The Hall–Kier alpha value is -0.650. The second-order valence-electron chi connectivity index (χ2n) is 5.44. The first-order valence-corrected chi connectivity index (χ1v) is 7.50. The van der Waals surface area contributed by atoms with E-state index in [0.717, 1.165) is 19.7 Å². The number of hydrogen-bond donors (Lipinski definition) is 1. The Morgan fingerprint density at radius 1 is 1.47 bits per heavy atom. The SMILES string of the molecule is CCOC(=O)C(N)CCN1CCOC2CCCCC21. The van der Waals surface area contributed by atoms with E-state index in [-0.39, 0.29) is 5.97 Å². The van der Waals surface area contributed by atoms with Gasteiger partial charge in [-0.1, -0.05) is 12.8 Å². The Labute approximate surface area is 115 Å². The number of carbonyl (C=O) groups excluding carboxylic acids is 1. The van der Waals surface area contributed by atoms with Crippen LogP contribution in [0.15, 0.2) is 0 Å². The summed E-state index contributed by atoms with van der Waals surface area (Å²) in [5.74, 6) is -0.282. The molecule has 0 aromatic heterocycles. The van der Waals surface area contributed by atoms with Crippen LogP contribution in [-0.4, -0.2) is 55.4 Å². The lowest BCUT2D eigenvalue weighted by Gasteiger charge is -2.44. The molecule has 0 aromatic rings. The molecule has 0 aromatic carbocycles. The van der Waals surface area contributed by atoms with Crippen molar-refractivity contribution < 1.29 is 14.3 Å². The molecule has 1 heterocycles. The fourth-order valence-corrected chi connectivity index (χ4v) is 3.13. The van der Waals surface area contributed by atoms with Crippen LogP contribution in [0.5, 0.6) is 0 Å². The van der Waals surface area contributed by atoms with Crippen molar-refractivity contribution >= 4 is 5.97 Å². The van der Waals surface area contributed by atoms with Gasteiger partial charge in [0, 0.05) is 19.1 Å². The third-order valence-corrected chi connectivity index (χ3v) is 4.16. The quantitative estimate of drug-likeness (QED) is 0.752. The summed E-state index contributed by atoms with van der Waals surface area (Å²) in [7, 11) is 0. The van der Waals surface area contributed by atoms with Gasteiger partial charge in [0.25, 0.3) is 0 Å². The first kappa shape index (κ1) is 14.8. The minimum absolute atomic E-state index is 0.282. The molecule has 3 atom stereocenters. The Morgan fingerprint density at radius 2 is 2.26 bits per heavy atom. The van der Waals surface area contributed by atoms with Crippen LogP contribution in [0, 0.1) is 0 Å². The van der Waals surface area contributed by atoms with Crippen molar-refractivity contribution in [3.63, 3.8) is 0 Å². The number of rotatable bonds is 5. The Morgan fingerprint density at radius 3 is 3.05 bits per heavy atom. The zero-order chi connectivity index (χ0) is 13.7. The minimum atomic E-state index is -0.496. The van der Waals surface area contributed by atoms with Crippen LogP contribution >= 0.6 is 0 Å². The van der Waals surface area contributed by atoms with Gasteiger partial charge in [0.2, 0.25) is 0 Å². The standard InChI is InChI=1S/C14H26N2O3/c1-2-18-14(17)11(15)7-8-16-9-10-19-13-6-4-3-5-12(13)16/h11-13H,2-10,15H2,1H3. The molecule has 110 valence electrons. The molecule has 2 N–H and O–H groups in total. The van der Waals surface area contributed by atoms with E-state index in [1.165, 1.54) is 25.7 Å². The largest absolute Gasteiger partial charge is 0.465 e. The highest BCUT2D eigenvalue weighted by atomic mass is 16.5. The predicted molar refractivity (Wildman–Crippen MR) is 72.8 cm³/mol. The van der Waals surface area contributed by atoms with Gasteiger partial charge in [0.15, 0.2) is 0 Å². The van der Waals surface area contributed by atoms with Crippen LogP contribution < -0.4 is 5.73 Å². The normalized spacial score (nSPS) is 29.6. The Balaban J connectivity index is 1.79. The zero-order valence-corrected chi connectivity index (χ0v) is 11.8. The van der Waals surface area contributed by atoms with Crippen molar-refractivity contribution in [1.29, 1.82) is 0 Å². The number of hydrogen-bond acceptors (Lipinski definition) is 5. The molecular weight excluding hydrogens is 244 g/mol. The first-order chi connectivity index (χ1) is 9.22. The van der Waals surface area contributed by atoms with Crippen molar-refractivity contribution in [1.82, 2.24) is 4.90 Å².